The second kappa shape index (κ2) is 5.38. The van der Waals surface area contributed by atoms with Crippen molar-refractivity contribution in [3.63, 3.8) is 0 Å². The molecular formula is C15H15N3S. The zero-order valence-electron chi connectivity index (χ0n) is 10.4. The molecule has 3 N–H and O–H groups in total. The van der Waals surface area contributed by atoms with Crippen molar-refractivity contribution in [2.24, 2.45) is 5.73 Å². The fourth-order valence-electron chi connectivity index (χ4n) is 2.06. The Balaban J connectivity index is 1.74. The average Bonchev–Trinajstić information content (AvgIpc) is 2.94. The molecule has 0 saturated heterocycles. The highest BCUT2D eigenvalue weighted by molar-refractivity contribution is 7.17. The smallest absolute Gasteiger partial charge is 0.134 e. The Morgan fingerprint density at radius 1 is 1.16 bits per heavy atom. The second-order valence-electron chi connectivity index (χ2n) is 4.39. The van der Waals surface area contributed by atoms with Crippen molar-refractivity contribution in [3.05, 3.63) is 59.6 Å². The fraction of sp³-hybridized carbons (Fsp3) is 0.133. The topological polar surface area (TPSA) is 50.9 Å². The normalized spacial score (nSPS) is 12.5. The molecule has 0 fully saturated rings. The third kappa shape index (κ3) is 2.59. The number of anilines is 1. The molecule has 3 aromatic rings. The van der Waals surface area contributed by atoms with Gasteiger partial charge < -0.3 is 11.1 Å². The quantitative estimate of drug-likeness (QED) is 0.763. The van der Waals surface area contributed by atoms with Gasteiger partial charge in [0.05, 0.1) is 0 Å². The molecule has 0 bridgehead atoms. The molecule has 0 spiro atoms. The van der Waals surface area contributed by atoms with E-state index in [1.54, 1.807) is 11.3 Å². The highest BCUT2D eigenvalue weighted by Gasteiger charge is 2.07. The van der Waals surface area contributed by atoms with Gasteiger partial charge in [0.25, 0.3) is 0 Å². The lowest BCUT2D eigenvalue weighted by Gasteiger charge is -2.14. The lowest BCUT2D eigenvalue weighted by Crippen LogP contribution is -2.20. The van der Waals surface area contributed by atoms with Gasteiger partial charge in [-0.15, -0.1) is 11.3 Å². The first-order valence-electron chi connectivity index (χ1n) is 6.21. The lowest BCUT2D eigenvalue weighted by atomic mass is 10.1. The summed E-state index contributed by atoms with van der Waals surface area (Å²) in [6, 6.07) is 14.2. The number of nitrogens with zero attached hydrogens (tertiary/aromatic N) is 1. The number of rotatable bonds is 4. The molecule has 1 unspecified atom stereocenters. The van der Waals surface area contributed by atoms with E-state index in [-0.39, 0.29) is 6.04 Å². The van der Waals surface area contributed by atoms with Crippen LogP contribution in [0.15, 0.2) is 54.0 Å². The molecule has 0 aliphatic heterocycles. The van der Waals surface area contributed by atoms with Gasteiger partial charge in [-0.1, -0.05) is 30.3 Å². The predicted octanol–water partition coefficient (Wildman–Crippen LogP) is 3.41. The number of fused-ring (bicyclic) bond motifs is 1. The molecule has 2 heterocycles. The van der Waals surface area contributed by atoms with Crippen LogP contribution in [0.2, 0.25) is 0 Å². The first kappa shape index (κ1) is 12.1. The molecule has 4 heteroatoms. The molecule has 3 nitrogen and oxygen atoms in total. The second-order valence-corrected chi connectivity index (χ2v) is 5.34. The zero-order chi connectivity index (χ0) is 13.1. The molecule has 0 aliphatic carbocycles. The van der Waals surface area contributed by atoms with Gasteiger partial charge in [-0.05, 0) is 23.1 Å². The molecule has 0 aliphatic rings. The van der Waals surface area contributed by atoms with E-state index in [2.05, 4.69) is 21.7 Å². The van der Waals surface area contributed by atoms with Gasteiger partial charge in [-0.3, -0.25) is 0 Å². The van der Waals surface area contributed by atoms with Gasteiger partial charge in [0.15, 0.2) is 0 Å². The van der Waals surface area contributed by atoms with Crippen LogP contribution in [0.5, 0.6) is 0 Å². The average molecular weight is 269 g/mol. The molecule has 0 amide bonds. The summed E-state index contributed by atoms with van der Waals surface area (Å²) in [7, 11) is 0. The third-order valence-electron chi connectivity index (χ3n) is 3.10. The van der Waals surface area contributed by atoms with E-state index < -0.39 is 0 Å². The maximum absolute atomic E-state index is 6.17. The number of hydrogen-bond acceptors (Lipinski definition) is 4. The van der Waals surface area contributed by atoms with Crippen LogP contribution in [-0.4, -0.2) is 11.5 Å². The third-order valence-corrected chi connectivity index (χ3v) is 3.98. The van der Waals surface area contributed by atoms with Crippen molar-refractivity contribution in [1.29, 1.82) is 0 Å². The summed E-state index contributed by atoms with van der Waals surface area (Å²) in [4.78, 5) is 4.38. The number of pyridine rings is 1. The monoisotopic (exact) mass is 269 g/mol. The van der Waals surface area contributed by atoms with Crippen LogP contribution in [0.3, 0.4) is 0 Å². The lowest BCUT2D eigenvalue weighted by molar-refractivity contribution is 0.763. The summed E-state index contributed by atoms with van der Waals surface area (Å²) in [6.07, 6.45) is 1.83. The molecule has 3 rings (SSSR count). The Morgan fingerprint density at radius 3 is 2.84 bits per heavy atom. The van der Waals surface area contributed by atoms with Crippen LogP contribution < -0.4 is 11.1 Å². The van der Waals surface area contributed by atoms with Gasteiger partial charge in [-0.25, -0.2) is 4.98 Å². The Morgan fingerprint density at radius 2 is 2.00 bits per heavy atom. The molecule has 19 heavy (non-hydrogen) atoms. The number of nitrogens with two attached hydrogens (primary N) is 1. The summed E-state index contributed by atoms with van der Waals surface area (Å²) in [5.74, 6) is 0.908. The first-order chi connectivity index (χ1) is 9.34. The van der Waals surface area contributed by atoms with E-state index in [1.807, 2.05) is 42.6 Å². The van der Waals surface area contributed by atoms with Crippen LogP contribution >= 0.6 is 11.3 Å². The SMILES string of the molecule is NC(CNc1nccc2sccc12)c1ccccc1. The fourth-order valence-corrected chi connectivity index (χ4v) is 2.84. The molecule has 1 atom stereocenters. The minimum atomic E-state index is -0.0307. The largest absolute Gasteiger partial charge is 0.368 e. The standard InChI is InChI=1S/C15H15N3S/c16-13(11-4-2-1-3-5-11)10-18-15-12-7-9-19-14(12)6-8-17-15/h1-9,13H,10,16H2,(H,17,18). The Kier molecular flexibility index (Phi) is 3.44. The maximum Gasteiger partial charge on any atom is 0.134 e. The van der Waals surface area contributed by atoms with Crippen molar-refractivity contribution in [3.8, 4) is 0 Å². The van der Waals surface area contributed by atoms with Crippen LogP contribution in [0.1, 0.15) is 11.6 Å². The Hall–Kier alpha value is -1.91. The summed E-state index contributed by atoms with van der Waals surface area (Å²) in [5, 5.41) is 6.58. The van der Waals surface area contributed by atoms with E-state index in [9.17, 15) is 0 Å². The van der Waals surface area contributed by atoms with E-state index in [4.69, 9.17) is 5.73 Å². The molecular weight excluding hydrogens is 254 g/mol. The van der Waals surface area contributed by atoms with Crippen molar-refractivity contribution >= 4 is 27.2 Å². The van der Waals surface area contributed by atoms with Gasteiger partial charge in [0.2, 0.25) is 0 Å². The number of hydrogen-bond donors (Lipinski definition) is 2. The van der Waals surface area contributed by atoms with Crippen LogP contribution in [0.25, 0.3) is 10.1 Å². The zero-order valence-corrected chi connectivity index (χ0v) is 11.2. The van der Waals surface area contributed by atoms with Crippen molar-refractivity contribution in [2.75, 3.05) is 11.9 Å². The molecule has 2 aromatic heterocycles. The van der Waals surface area contributed by atoms with Crippen LogP contribution in [0, 0.1) is 0 Å². The van der Waals surface area contributed by atoms with Gasteiger partial charge in [0, 0.05) is 28.9 Å². The van der Waals surface area contributed by atoms with Crippen molar-refractivity contribution < 1.29 is 0 Å². The van der Waals surface area contributed by atoms with E-state index in [0.717, 1.165) is 16.8 Å². The molecule has 0 saturated carbocycles. The number of thiophene rings is 1. The summed E-state index contributed by atoms with van der Waals surface area (Å²) < 4.78 is 1.24. The van der Waals surface area contributed by atoms with Gasteiger partial charge >= 0.3 is 0 Å². The minimum Gasteiger partial charge on any atom is -0.368 e. The predicted molar refractivity (Wildman–Crippen MR) is 81.5 cm³/mol. The van der Waals surface area contributed by atoms with Gasteiger partial charge in [0.1, 0.15) is 5.82 Å². The Bertz CT molecular complexity index is 663. The summed E-state index contributed by atoms with van der Waals surface area (Å²) in [5.41, 5.74) is 7.31. The van der Waals surface area contributed by atoms with Crippen molar-refractivity contribution in [2.45, 2.75) is 6.04 Å². The van der Waals surface area contributed by atoms with E-state index in [1.165, 1.54) is 4.70 Å². The van der Waals surface area contributed by atoms with Crippen LogP contribution in [0.4, 0.5) is 5.82 Å². The van der Waals surface area contributed by atoms with Crippen molar-refractivity contribution in [1.82, 2.24) is 4.98 Å². The van der Waals surface area contributed by atoms with E-state index in [0.29, 0.717) is 6.54 Å². The maximum atomic E-state index is 6.17. The summed E-state index contributed by atoms with van der Waals surface area (Å²) >= 11 is 1.72. The molecule has 0 radical (unpaired) electrons. The number of benzene rings is 1. The first-order valence-corrected chi connectivity index (χ1v) is 7.09. The number of aromatic nitrogens is 1. The molecule has 1 aromatic carbocycles. The minimum absolute atomic E-state index is 0.0307. The summed E-state index contributed by atoms with van der Waals surface area (Å²) in [6.45, 7) is 0.673. The molecule has 96 valence electrons. The highest BCUT2D eigenvalue weighted by atomic mass is 32.1. The van der Waals surface area contributed by atoms with Crippen LogP contribution in [-0.2, 0) is 0 Å². The Labute approximate surface area is 116 Å². The van der Waals surface area contributed by atoms with Gasteiger partial charge in [-0.2, -0.15) is 0 Å². The number of nitrogens with one attached hydrogen (secondary N) is 1. The van der Waals surface area contributed by atoms with E-state index >= 15 is 0 Å². The highest BCUT2D eigenvalue weighted by Crippen LogP contribution is 2.26.